The van der Waals surface area contributed by atoms with Crippen LogP contribution in [0.1, 0.15) is 15.9 Å². The molecule has 0 bridgehead atoms. The van der Waals surface area contributed by atoms with Crippen molar-refractivity contribution in [1.29, 1.82) is 0 Å². The standard InChI is InChI=1S/C23H19ClN4O/c24-19-13-11-18(12-14-19)22-21(23(29)26-25-20-9-5-2-6-10-20)16-28(27-22)15-17-7-3-1-4-8-17/h1-14,16,25H,15H2,(H,26,29). The Morgan fingerprint density at radius 1 is 0.897 bits per heavy atom. The number of amides is 1. The number of rotatable bonds is 6. The predicted octanol–water partition coefficient (Wildman–Crippen LogP) is 5.01. The maximum atomic E-state index is 12.9. The molecule has 0 radical (unpaired) electrons. The van der Waals surface area contributed by atoms with Crippen molar-refractivity contribution in [3.8, 4) is 11.3 Å². The van der Waals surface area contributed by atoms with Gasteiger partial charge in [-0.05, 0) is 29.8 Å². The molecule has 0 fully saturated rings. The van der Waals surface area contributed by atoms with Crippen molar-refractivity contribution in [1.82, 2.24) is 15.2 Å². The van der Waals surface area contributed by atoms with Gasteiger partial charge in [0.1, 0.15) is 5.69 Å². The molecule has 2 N–H and O–H groups in total. The van der Waals surface area contributed by atoms with Gasteiger partial charge in [0, 0.05) is 16.8 Å². The zero-order chi connectivity index (χ0) is 20.1. The van der Waals surface area contributed by atoms with Gasteiger partial charge in [-0.15, -0.1) is 0 Å². The van der Waals surface area contributed by atoms with Gasteiger partial charge in [-0.1, -0.05) is 72.3 Å². The first-order valence-corrected chi connectivity index (χ1v) is 9.55. The van der Waals surface area contributed by atoms with Crippen LogP contribution in [0.25, 0.3) is 11.3 Å². The second kappa shape index (κ2) is 8.63. The number of hydrogen-bond acceptors (Lipinski definition) is 3. The minimum atomic E-state index is -0.266. The zero-order valence-corrected chi connectivity index (χ0v) is 16.3. The van der Waals surface area contributed by atoms with E-state index in [0.717, 1.165) is 16.8 Å². The Kier molecular flexibility index (Phi) is 5.59. The fourth-order valence-electron chi connectivity index (χ4n) is 2.98. The van der Waals surface area contributed by atoms with Crippen molar-refractivity contribution in [3.63, 3.8) is 0 Å². The minimum Gasteiger partial charge on any atom is -0.298 e. The number of para-hydroxylation sites is 1. The molecule has 0 aliphatic rings. The summed E-state index contributed by atoms with van der Waals surface area (Å²) in [5.74, 6) is -0.266. The van der Waals surface area contributed by atoms with Gasteiger partial charge in [-0.25, -0.2) is 0 Å². The molecule has 0 aliphatic heterocycles. The molecule has 1 amide bonds. The highest BCUT2D eigenvalue weighted by Crippen LogP contribution is 2.24. The Balaban J connectivity index is 1.62. The van der Waals surface area contributed by atoms with E-state index in [4.69, 9.17) is 11.6 Å². The third-order valence-corrected chi connectivity index (χ3v) is 4.66. The average Bonchev–Trinajstić information content (AvgIpc) is 3.18. The lowest BCUT2D eigenvalue weighted by atomic mass is 10.1. The summed E-state index contributed by atoms with van der Waals surface area (Å²) in [6.45, 7) is 0.570. The molecule has 29 heavy (non-hydrogen) atoms. The van der Waals surface area contributed by atoms with Gasteiger partial charge >= 0.3 is 0 Å². The van der Waals surface area contributed by atoms with E-state index >= 15 is 0 Å². The summed E-state index contributed by atoms with van der Waals surface area (Å²) in [5.41, 5.74) is 9.48. The van der Waals surface area contributed by atoms with E-state index in [1.807, 2.05) is 72.8 Å². The van der Waals surface area contributed by atoms with Crippen LogP contribution in [0.2, 0.25) is 5.02 Å². The van der Waals surface area contributed by atoms with Crippen LogP contribution < -0.4 is 10.9 Å². The summed E-state index contributed by atoms with van der Waals surface area (Å²) >= 11 is 6.02. The van der Waals surface area contributed by atoms with Gasteiger partial charge < -0.3 is 0 Å². The number of nitrogens with zero attached hydrogens (tertiary/aromatic N) is 2. The third kappa shape index (κ3) is 4.65. The normalized spacial score (nSPS) is 10.5. The first kappa shape index (κ1) is 18.8. The number of halogens is 1. The minimum absolute atomic E-state index is 0.266. The maximum absolute atomic E-state index is 12.9. The predicted molar refractivity (Wildman–Crippen MR) is 116 cm³/mol. The third-order valence-electron chi connectivity index (χ3n) is 4.41. The fourth-order valence-corrected chi connectivity index (χ4v) is 3.10. The molecule has 0 atom stereocenters. The Bertz CT molecular complexity index is 1090. The Labute approximate surface area is 173 Å². The highest BCUT2D eigenvalue weighted by atomic mass is 35.5. The van der Waals surface area contributed by atoms with Crippen LogP contribution in [0.5, 0.6) is 0 Å². The summed E-state index contributed by atoms with van der Waals surface area (Å²) in [4.78, 5) is 12.9. The van der Waals surface area contributed by atoms with Crippen molar-refractivity contribution in [2.75, 3.05) is 5.43 Å². The van der Waals surface area contributed by atoms with Crippen molar-refractivity contribution in [2.24, 2.45) is 0 Å². The number of anilines is 1. The lowest BCUT2D eigenvalue weighted by Gasteiger charge is -2.08. The maximum Gasteiger partial charge on any atom is 0.273 e. The number of benzene rings is 3. The molecular weight excluding hydrogens is 384 g/mol. The van der Waals surface area contributed by atoms with E-state index in [1.54, 1.807) is 23.0 Å². The molecule has 0 unspecified atom stereocenters. The van der Waals surface area contributed by atoms with Gasteiger partial charge in [0.05, 0.1) is 17.8 Å². The lowest BCUT2D eigenvalue weighted by Crippen LogP contribution is -2.29. The van der Waals surface area contributed by atoms with Crippen LogP contribution in [0, 0.1) is 0 Å². The smallest absolute Gasteiger partial charge is 0.273 e. The average molecular weight is 403 g/mol. The first-order chi connectivity index (χ1) is 14.2. The molecule has 4 aromatic rings. The summed E-state index contributed by atoms with van der Waals surface area (Å²) in [7, 11) is 0. The highest BCUT2D eigenvalue weighted by Gasteiger charge is 2.18. The first-order valence-electron chi connectivity index (χ1n) is 9.18. The van der Waals surface area contributed by atoms with Crippen LogP contribution in [0.4, 0.5) is 5.69 Å². The van der Waals surface area contributed by atoms with Crippen LogP contribution in [-0.4, -0.2) is 15.7 Å². The number of hydrogen-bond donors (Lipinski definition) is 2. The largest absolute Gasteiger partial charge is 0.298 e. The van der Waals surface area contributed by atoms with Gasteiger partial charge in [0.2, 0.25) is 0 Å². The molecule has 3 aromatic carbocycles. The number of nitrogens with one attached hydrogen (secondary N) is 2. The van der Waals surface area contributed by atoms with Gasteiger partial charge in [-0.2, -0.15) is 5.10 Å². The van der Waals surface area contributed by atoms with E-state index in [1.165, 1.54) is 0 Å². The molecular formula is C23H19ClN4O. The van der Waals surface area contributed by atoms with Crippen LogP contribution in [-0.2, 0) is 6.54 Å². The lowest BCUT2D eigenvalue weighted by molar-refractivity contribution is 0.0963. The van der Waals surface area contributed by atoms with Gasteiger partial charge in [0.25, 0.3) is 5.91 Å². The number of carbonyl (C=O) groups excluding carboxylic acids is 1. The number of carbonyl (C=O) groups is 1. The number of aromatic nitrogens is 2. The molecule has 144 valence electrons. The molecule has 0 saturated carbocycles. The summed E-state index contributed by atoms with van der Waals surface area (Å²) in [5, 5.41) is 5.30. The molecule has 1 aromatic heterocycles. The van der Waals surface area contributed by atoms with E-state index in [2.05, 4.69) is 16.0 Å². The summed E-state index contributed by atoms with van der Waals surface area (Å²) in [6.07, 6.45) is 1.76. The molecule has 0 spiro atoms. The molecule has 4 rings (SSSR count). The molecule has 0 aliphatic carbocycles. The topological polar surface area (TPSA) is 59.0 Å². The van der Waals surface area contributed by atoms with E-state index in [-0.39, 0.29) is 5.91 Å². The molecule has 0 saturated heterocycles. The zero-order valence-electron chi connectivity index (χ0n) is 15.5. The second-order valence-corrected chi connectivity index (χ2v) is 6.96. The van der Waals surface area contributed by atoms with Crippen LogP contribution in [0.15, 0.2) is 91.1 Å². The summed E-state index contributed by atoms with van der Waals surface area (Å²) < 4.78 is 1.77. The van der Waals surface area contributed by atoms with E-state index in [0.29, 0.717) is 22.8 Å². The van der Waals surface area contributed by atoms with Gasteiger partial charge in [-0.3, -0.25) is 20.3 Å². The van der Waals surface area contributed by atoms with Crippen molar-refractivity contribution in [2.45, 2.75) is 6.54 Å². The van der Waals surface area contributed by atoms with Crippen molar-refractivity contribution >= 4 is 23.2 Å². The SMILES string of the molecule is O=C(NNc1ccccc1)c1cn(Cc2ccccc2)nc1-c1ccc(Cl)cc1. The van der Waals surface area contributed by atoms with Crippen LogP contribution in [0.3, 0.4) is 0 Å². The van der Waals surface area contributed by atoms with Crippen LogP contribution >= 0.6 is 11.6 Å². The van der Waals surface area contributed by atoms with E-state index in [9.17, 15) is 4.79 Å². The molecule has 5 nitrogen and oxygen atoms in total. The Morgan fingerprint density at radius 2 is 1.55 bits per heavy atom. The summed E-state index contributed by atoms with van der Waals surface area (Å²) in [6, 6.07) is 26.7. The quantitative estimate of drug-likeness (QED) is 0.446. The highest BCUT2D eigenvalue weighted by molar-refractivity contribution is 6.30. The Hall–Kier alpha value is -3.57. The fraction of sp³-hybridized carbons (Fsp3) is 0.0435. The Morgan fingerprint density at radius 3 is 2.24 bits per heavy atom. The van der Waals surface area contributed by atoms with E-state index < -0.39 is 0 Å². The number of hydrazine groups is 1. The van der Waals surface area contributed by atoms with Crippen molar-refractivity contribution in [3.05, 3.63) is 107 Å². The molecule has 6 heteroatoms. The van der Waals surface area contributed by atoms with Crippen molar-refractivity contribution < 1.29 is 4.79 Å². The second-order valence-electron chi connectivity index (χ2n) is 6.53. The van der Waals surface area contributed by atoms with Gasteiger partial charge in [0.15, 0.2) is 0 Å². The monoisotopic (exact) mass is 402 g/mol. The molecule has 1 heterocycles.